The molecule has 1 aromatic heterocycles. The molecular formula is C6H7N3O3. The van der Waals surface area contributed by atoms with Gasteiger partial charge in [0.15, 0.2) is 6.20 Å². The van der Waals surface area contributed by atoms with Gasteiger partial charge in [-0.05, 0) is 6.92 Å². The van der Waals surface area contributed by atoms with Crippen LogP contribution in [0.3, 0.4) is 0 Å². The standard InChI is InChI=1S/C6H7N3O3/c1-4-5(2)8(10)7-3-6(4)9(11)12/h3H,1-2H3. The van der Waals surface area contributed by atoms with Gasteiger partial charge < -0.3 is 5.21 Å². The van der Waals surface area contributed by atoms with Crippen LogP contribution in [-0.2, 0) is 0 Å². The Labute approximate surface area is 68.2 Å². The molecule has 0 unspecified atom stereocenters. The molecule has 64 valence electrons. The molecule has 0 aliphatic carbocycles. The van der Waals surface area contributed by atoms with E-state index >= 15 is 0 Å². The highest BCUT2D eigenvalue weighted by atomic mass is 16.6. The van der Waals surface area contributed by atoms with Crippen molar-refractivity contribution in [3.8, 4) is 0 Å². The van der Waals surface area contributed by atoms with Gasteiger partial charge in [0.05, 0.1) is 10.5 Å². The lowest BCUT2D eigenvalue weighted by atomic mass is 10.2. The molecule has 6 nitrogen and oxygen atoms in total. The van der Waals surface area contributed by atoms with Gasteiger partial charge in [-0.2, -0.15) is 0 Å². The fourth-order valence-electron chi connectivity index (χ4n) is 0.803. The third kappa shape index (κ3) is 1.18. The van der Waals surface area contributed by atoms with Crippen LogP contribution in [0.15, 0.2) is 6.20 Å². The largest absolute Gasteiger partial charge is 0.594 e. The van der Waals surface area contributed by atoms with Crippen molar-refractivity contribution in [3.05, 3.63) is 32.8 Å². The molecule has 0 atom stereocenters. The summed E-state index contributed by atoms with van der Waals surface area (Å²) in [5, 5.41) is 24.4. The van der Waals surface area contributed by atoms with Gasteiger partial charge in [-0.15, -0.1) is 0 Å². The van der Waals surface area contributed by atoms with E-state index in [1.54, 1.807) is 0 Å². The van der Waals surface area contributed by atoms with Crippen molar-refractivity contribution < 1.29 is 9.77 Å². The van der Waals surface area contributed by atoms with Crippen LogP contribution in [0, 0.1) is 29.2 Å². The van der Waals surface area contributed by atoms with Crippen molar-refractivity contribution in [2.75, 3.05) is 0 Å². The third-order valence-electron chi connectivity index (χ3n) is 1.70. The molecule has 0 fully saturated rings. The second-order valence-corrected chi connectivity index (χ2v) is 2.37. The summed E-state index contributed by atoms with van der Waals surface area (Å²) in [5.41, 5.74) is 0.480. The Kier molecular flexibility index (Phi) is 1.90. The molecule has 0 aromatic carbocycles. The first-order valence-electron chi connectivity index (χ1n) is 3.24. The summed E-state index contributed by atoms with van der Waals surface area (Å²) in [6.45, 7) is 3.01. The van der Waals surface area contributed by atoms with Gasteiger partial charge in [0.1, 0.15) is 0 Å². The third-order valence-corrected chi connectivity index (χ3v) is 1.70. The molecule has 1 rings (SSSR count). The number of aromatic nitrogens is 2. The zero-order valence-electron chi connectivity index (χ0n) is 6.64. The summed E-state index contributed by atoms with van der Waals surface area (Å²) in [6.07, 6.45) is 0.954. The van der Waals surface area contributed by atoms with Gasteiger partial charge in [0.2, 0.25) is 5.69 Å². The van der Waals surface area contributed by atoms with Crippen LogP contribution < -0.4 is 4.85 Å². The average molecular weight is 169 g/mol. The van der Waals surface area contributed by atoms with Crippen LogP contribution in [0.2, 0.25) is 0 Å². The monoisotopic (exact) mass is 169 g/mol. The maximum atomic E-state index is 10.8. The molecule has 0 radical (unpaired) electrons. The molecule has 0 aliphatic heterocycles. The van der Waals surface area contributed by atoms with E-state index in [4.69, 9.17) is 0 Å². The molecule has 1 heterocycles. The Morgan fingerprint density at radius 3 is 2.67 bits per heavy atom. The maximum absolute atomic E-state index is 10.8. The Bertz CT molecular complexity index is 337. The van der Waals surface area contributed by atoms with Crippen LogP contribution in [0.4, 0.5) is 5.69 Å². The van der Waals surface area contributed by atoms with E-state index in [2.05, 4.69) is 5.10 Å². The summed E-state index contributed by atoms with van der Waals surface area (Å²) in [6, 6.07) is 0. The highest BCUT2D eigenvalue weighted by molar-refractivity contribution is 5.36. The van der Waals surface area contributed by atoms with E-state index in [9.17, 15) is 15.3 Å². The van der Waals surface area contributed by atoms with Crippen molar-refractivity contribution in [1.82, 2.24) is 5.10 Å². The highest BCUT2D eigenvalue weighted by Gasteiger charge is 2.18. The first-order chi connectivity index (χ1) is 5.54. The van der Waals surface area contributed by atoms with Crippen molar-refractivity contribution in [2.24, 2.45) is 0 Å². The van der Waals surface area contributed by atoms with E-state index < -0.39 is 4.92 Å². The van der Waals surface area contributed by atoms with Crippen molar-refractivity contribution >= 4 is 5.69 Å². The van der Waals surface area contributed by atoms with Crippen LogP contribution in [0.5, 0.6) is 0 Å². The summed E-state index contributed by atoms with van der Waals surface area (Å²) in [7, 11) is 0. The molecule has 0 saturated carbocycles. The fraction of sp³-hybridized carbons (Fsp3) is 0.333. The predicted octanol–water partition coefficient (Wildman–Crippen LogP) is 0.240. The van der Waals surface area contributed by atoms with Gasteiger partial charge in [-0.3, -0.25) is 10.1 Å². The molecule has 0 saturated heterocycles. The zero-order valence-corrected chi connectivity index (χ0v) is 6.64. The summed E-state index contributed by atoms with van der Waals surface area (Å²) < 4.78 is 0. The maximum Gasteiger partial charge on any atom is 0.302 e. The molecule has 0 amide bonds. The lowest BCUT2D eigenvalue weighted by Gasteiger charge is -1.99. The Hall–Kier alpha value is -1.72. The normalized spacial score (nSPS) is 9.83. The number of rotatable bonds is 1. The van der Waals surface area contributed by atoms with E-state index in [1.807, 2.05) is 0 Å². The fourth-order valence-corrected chi connectivity index (χ4v) is 0.803. The van der Waals surface area contributed by atoms with E-state index in [0.29, 0.717) is 10.4 Å². The zero-order chi connectivity index (χ0) is 9.30. The van der Waals surface area contributed by atoms with Crippen LogP contribution in [0.1, 0.15) is 11.3 Å². The summed E-state index contributed by atoms with van der Waals surface area (Å²) >= 11 is 0. The minimum atomic E-state index is -0.560. The second kappa shape index (κ2) is 2.72. The Morgan fingerprint density at radius 2 is 2.17 bits per heavy atom. The van der Waals surface area contributed by atoms with Crippen molar-refractivity contribution in [1.29, 1.82) is 0 Å². The highest BCUT2D eigenvalue weighted by Crippen LogP contribution is 2.15. The van der Waals surface area contributed by atoms with Crippen molar-refractivity contribution in [3.63, 3.8) is 0 Å². The molecule has 12 heavy (non-hydrogen) atoms. The van der Waals surface area contributed by atoms with E-state index in [0.717, 1.165) is 6.20 Å². The summed E-state index contributed by atoms with van der Waals surface area (Å²) in [5.74, 6) is 0. The Balaban J connectivity index is 3.36. The Morgan fingerprint density at radius 1 is 1.58 bits per heavy atom. The molecule has 1 aromatic rings. The summed E-state index contributed by atoms with van der Waals surface area (Å²) in [4.78, 5) is 10.1. The molecular weight excluding hydrogens is 162 g/mol. The van der Waals surface area contributed by atoms with Crippen LogP contribution >= 0.6 is 0 Å². The minimum Gasteiger partial charge on any atom is -0.594 e. The quantitative estimate of drug-likeness (QED) is 0.261. The smallest absolute Gasteiger partial charge is 0.302 e. The molecule has 0 aliphatic rings. The number of nitro groups is 1. The minimum absolute atomic E-state index is 0.125. The lowest BCUT2D eigenvalue weighted by molar-refractivity contribution is -0.676. The first kappa shape index (κ1) is 8.38. The average Bonchev–Trinajstić information content (AvgIpc) is 2.00. The van der Waals surface area contributed by atoms with Crippen LogP contribution in [-0.4, -0.2) is 10.0 Å². The number of hydrogen-bond acceptors (Lipinski definition) is 4. The molecule has 6 heteroatoms. The van der Waals surface area contributed by atoms with E-state index in [-0.39, 0.29) is 11.4 Å². The van der Waals surface area contributed by atoms with Gasteiger partial charge in [-0.1, -0.05) is 4.85 Å². The van der Waals surface area contributed by atoms with Crippen LogP contribution in [0.25, 0.3) is 0 Å². The first-order valence-corrected chi connectivity index (χ1v) is 3.24. The molecule has 0 N–H and O–H groups in total. The number of nitrogens with zero attached hydrogens (tertiary/aromatic N) is 3. The molecule has 0 spiro atoms. The lowest BCUT2D eigenvalue weighted by Crippen LogP contribution is -2.35. The van der Waals surface area contributed by atoms with Crippen molar-refractivity contribution in [2.45, 2.75) is 13.8 Å². The van der Waals surface area contributed by atoms with E-state index in [1.165, 1.54) is 13.8 Å². The second-order valence-electron chi connectivity index (χ2n) is 2.37. The van der Waals surface area contributed by atoms with Gasteiger partial charge in [-0.25, -0.2) is 0 Å². The molecule has 0 bridgehead atoms. The number of hydrogen-bond donors (Lipinski definition) is 0. The SMILES string of the molecule is Cc1c([N+](=O)[O-])cn[n+]([O-])c1C. The topological polar surface area (TPSA) is 83.0 Å². The predicted molar refractivity (Wildman–Crippen MR) is 39.3 cm³/mol. The van der Waals surface area contributed by atoms with Gasteiger partial charge in [0.25, 0.3) is 0 Å². The van der Waals surface area contributed by atoms with Gasteiger partial charge in [0, 0.05) is 12.0 Å². The van der Waals surface area contributed by atoms with Gasteiger partial charge >= 0.3 is 5.69 Å².